The Morgan fingerprint density at radius 3 is 2.86 bits per heavy atom. The molecule has 0 saturated heterocycles. The van der Waals surface area contributed by atoms with E-state index in [0.717, 1.165) is 10.6 Å². The van der Waals surface area contributed by atoms with Crippen LogP contribution >= 0.6 is 11.3 Å². The second kappa shape index (κ2) is 6.64. The van der Waals surface area contributed by atoms with E-state index in [2.05, 4.69) is 4.98 Å². The largest absolute Gasteiger partial charge is 0.493 e. The number of aryl methyl sites for hydroxylation is 1. The number of aliphatic hydroxyl groups excluding tert-OH is 1. The molecule has 1 aromatic carbocycles. The molecule has 1 aromatic heterocycles. The van der Waals surface area contributed by atoms with Crippen LogP contribution in [0.5, 0.6) is 5.75 Å². The maximum absolute atomic E-state index is 10.8. The number of nitrogens with zero attached hydrogens (tertiary/aromatic N) is 2. The first-order valence-electron chi connectivity index (χ1n) is 6.47. The van der Waals surface area contributed by atoms with Crippen molar-refractivity contribution >= 4 is 17.0 Å². The van der Waals surface area contributed by atoms with E-state index < -0.39 is 11.0 Å². The van der Waals surface area contributed by atoms with E-state index in [1.165, 1.54) is 18.2 Å². The monoisotopic (exact) mass is 308 g/mol. The maximum atomic E-state index is 10.8. The van der Waals surface area contributed by atoms with Gasteiger partial charge in [0, 0.05) is 29.0 Å². The van der Waals surface area contributed by atoms with Crippen molar-refractivity contribution in [2.75, 3.05) is 6.61 Å². The molecule has 2 aromatic rings. The van der Waals surface area contributed by atoms with Gasteiger partial charge in [-0.05, 0) is 19.9 Å². The number of hydrogen-bond donors (Lipinski definition) is 1. The fourth-order valence-corrected chi connectivity index (χ4v) is 2.69. The number of rotatable bonds is 6. The van der Waals surface area contributed by atoms with E-state index in [9.17, 15) is 15.2 Å². The smallest absolute Gasteiger partial charge is 0.270 e. The lowest BCUT2D eigenvalue weighted by molar-refractivity contribution is -0.385. The molecule has 6 nitrogen and oxygen atoms in total. The molecule has 1 atom stereocenters. The van der Waals surface area contributed by atoms with E-state index in [0.29, 0.717) is 24.3 Å². The summed E-state index contributed by atoms with van der Waals surface area (Å²) < 4.78 is 5.66. The Bertz CT molecular complexity index is 640. The number of non-ortho nitro benzene ring substituents is 1. The minimum absolute atomic E-state index is 0.0587. The highest BCUT2D eigenvalue weighted by molar-refractivity contribution is 7.09. The van der Waals surface area contributed by atoms with Crippen LogP contribution in [0.1, 0.15) is 29.2 Å². The van der Waals surface area contributed by atoms with E-state index in [1.54, 1.807) is 23.8 Å². The molecular weight excluding hydrogens is 292 g/mol. The number of thiazole rings is 1. The van der Waals surface area contributed by atoms with E-state index in [-0.39, 0.29) is 5.69 Å². The second-order valence-electron chi connectivity index (χ2n) is 4.61. The van der Waals surface area contributed by atoms with Gasteiger partial charge in [0.25, 0.3) is 5.69 Å². The molecular formula is C14H16N2O4S. The normalized spacial score (nSPS) is 12.1. The molecule has 0 aliphatic rings. The topological polar surface area (TPSA) is 85.5 Å². The first-order valence-corrected chi connectivity index (χ1v) is 7.35. The maximum Gasteiger partial charge on any atom is 0.270 e. The number of aliphatic hydroxyl groups is 1. The summed E-state index contributed by atoms with van der Waals surface area (Å²) in [6.07, 6.45) is -0.114. The summed E-state index contributed by atoms with van der Waals surface area (Å²) in [5.41, 5.74) is 3.14. The molecule has 7 heteroatoms. The minimum atomic E-state index is -0.829. The van der Waals surface area contributed by atoms with Gasteiger partial charge in [-0.2, -0.15) is 0 Å². The number of benzene rings is 1. The second-order valence-corrected chi connectivity index (χ2v) is 5.55. The van der Waals surface area contributed by atoms with Gasteiger partial charge in [-0.15, -0.1) is 11.3 Å². The van der Waals surface area contributed by atoms with Crippen molar-refractivity contribution in [2.24, 2.45) is 0 Å². The summed E-state index contributed by atoms with van der Waals surface area (Å²) in [5, 5.41) is 20.5. The molecule has 0 radical (unpaired) electrons. The predicted molar refractivity (Wildman–Crippen MR) is 79.8 cm³/mol. The SMILES string of the molecule is Cc1ncsc1CCOc1ccc([N+](=O)[O-])cc1C(C)O. The third-order valence-electron chi connectivity index (χ3n) is 3.09. The molecule has 0 amide bonds. The van der Waals surface area contributed by atoms with Gasteiger partial charge in [0.15, 0.2) is 0 Å². The van der Waals surface area contributed by atoms with Crippen LogP contribution in [0.4, 0.5) is 5.69 Å². The average Bonchev–Trinajstić information content (AvgIpc) is 2.84. The predicted octanol–water partition coefficient (Wildman–Crippen LogP) is 3.03. The average molecular weight is 308 g/mol. The van der Waals surface area contributed by atoms with Crippen LogP contribution in [0.15, 0.2) is 23.7 Å². The zero-order chi connectivity index (χ0) is 15.4. The Morgan fingerprint density at radius 1 is 1.52 bits per heavy atom. The van der Waals surface area contributed by atoms with Gasteiger partial charge < -0.3 is 9.84 Å². The van der Waals surface area contributed by atoms with Gasteiger partial charge in [0.05, 0.1) is 28.8 Å². The number of hydrogen-bond acceptors (Lipinski definition) is 6. The molecule has 0 saturated carbocycles. The summed E-state index contributed by atoms with van der Waals surface area (Å²) in [7, 11) is 0. The molecule has 0 aliphatic carbocycles. The van der Waals surface area contributed by atoms with Crippen molar-refractivity contribution in [3.63, 3.8) is 0 Å². The summed E-state index contributed by atoms with van der Waals surface area (Å²) in [4.78, 5) is 15.6. The Hall–Kier alpha value is -1.99. The lowest BCUT2D eigenvalue weighted by Crippen LogP contribution is -2.05. The molecule has 0 fully saturated rings. The number of nitro groups is 1. The van der Waals surface area contributed by atoms with Gasteiger partial charge in [-0.3, -0.25) is 10.1 Å². The van der Waals surface area contributed by atoms with Crippen molar-refractivity contribution in [2.45, 2.75) is 26.4 Å². The Balaban J connectivity index is 2.08. The van der Waals surface area contributed by atoms with E-state index in [4.69, 9.17) is 4.74 Å². The van der Waals surface area contributed by atoms with Crippen molar-refractivity contribution in [1.82, 2.24) is 4.98 Å². The van der Waals surface area contributed by atoms with E-state index >= 15 is 0 Å². The summed E-state index contributed by atoms with van der Waals surface area (Å²) in [5.74, 6) is 0.470. The number of aromatic nitrogens is 1. The Labute approximate surface area is 126 Å². The fourth-order valence-electron chi connectivity index (χ4n) is 1.93. The zero-order valence-electron chi connectivity index (χ0n) is 11.8. The number of nitro benzene ring substituents is 1. The fraction of sp³-hybridized carbons (Fsp3) is 0.357. The summed E-state index contributed by atoms with van der Waals surface area (Å²) >= 11 is 1.57. The third kappa shape index (κ3) is 3.77. The lowest BCUT2D eigenvalue weighted by Gasteiger charge is -2.13. The molecule has 2 rings (SSSR count). The Kier molecular flexibility index (Phi) is 4.87. The van der Waals surface area contributed by atoms with Crippen LogP contribution in [0, 0.1) is 17.0 Å². The molecule has 0 bridgehead atoms. The molecule has 21 heavy (non-hydrogen) atoms. The minimum Gasteiger partial charge on any atom is -0.493 e. The van der Waals surface area contributed by atoms with Crippen LogP contribution in [-0.4, -0.2) is 21.6 Å². The first-order chi connectivity index (χ1) is 9.99. The van der Waals surface area contributed by atoms with Crippen molar-refractivity contribution in [1.29, 1.82) is 0 Å². The molecule has 1 heterocycles. The molecule has 0 spiro atoms. The first kappa shape index (κ1) is 15.4. The van der Waals surface area contributed by atoms with Crippen LogP contribution in [-0.2, 0) is 6.42 Å². The molecule has 1 unspecified atom stereocenters. The van der Waals surface area contributed by atoms with Crippen molar-refractivity contribution in [3.05, 3.63) is 50.0 Å². The van der Waals surface area contributed by atoms with E-state index in [1.807, 2.05) is 6.92 Å². The van der Waals surface area contributed by atoms with Crippen LogP contribution < -0.4 is 4.74 Å². The van der Waals surface area contributed by atoms with Crippen molar-refractivity contribution < 1.29 is 14.8 Å². The van der Waals surface area contributed by atoms with Gasteiger partial charge in [0.2, 0.25) is 0 Å². The van der Waals surface area contributed by atoms with Gasteiger partial charge in [-0.1, -0.05) is 0 Å². The Morgan fingerprint density at radius 2 is 2.29 bits per heavy atom. The third-order valence-corrected chi connectivity index (χ3v) is 4.08. The quantitative estimate of drug-likeness (QED) is 0.655. The van der Waals surface area contributed by atoms with Crippen molar-refractivity contribution in [3.8, 4) is 5.75 Å². The van der Waals surface area contributed by atoms with Gasteiger partial charge >= 0.3 is 0 Å². The highest BCUT2D eigenvalue weighted by Crippen LogP contribution is 2.29. The number of ether oxygens (including phenoxy) is 1. The van der Waals surface area contributed by atoms with Crippen LogP contribution in [0.25, 0.3) is 0 Å². The zero-order valence-corrected chi connectivity index (χ0v) is 12.6. The van der Waals surface area contributed by atoms with Gasteiger partial charge in [-0.25, -0.2) is 4.98 Å². The van der Waals surface area contributed by atoms with Crippen LogP contribution in [0.3, 0.4) is 0 Å². The highest BCUT2D eigenvalue weighted by Gasteiger charge is 2.15. The van der Waals surface area contributed by atoms with Gasteiger partial charge in [0.1, 0.15) is 5.75 Å². The molecule has 1 N–H and O–H groups in total. The summed E-state index contributed by atoms with van der Waals surface area (Å²) in [6, 6.07) is 4.25. The van der Waals surface area contributed by atoms with Crippen LogP contribution in [0.2, 0.25) is 0 Å². The molecule has 112 valence electrons. The lowest BCUT2D eigenvalue weighted by atomic mass is 10.1. The molecule has 0 aliphatic heterocycles. The standard InChI is InChI=1S/C14H16N2O4S/c1-9-14(21-8-15-9)5-6-20-13-4-3-11(16(18)19)7-12(13)10(2)17/h3-4,7-8,10,17H,5-6H2,1-2H3. The highest BCUT2D eigenvalue weighted by atomic mass is 32.1. The summed E-state index contributed by atoms with van der Waals surface area (Å²) in [6.45, 7) is 3.93.